The van der Waals surface area contributed by atoms with Crippen LogP contribution in [-0.2, 0) is 10.0 Å². The van der Waals surface area contributed by atoms with Gasteiger partial charge in [-0.1, -0.05) is 27.5 Å². The summed E-state index contributed by atoms with van der Waals surface area (Å²) in [4.78, 5) is 0. The van der Waals surface area contributed by atoms with E-state index in [-0.39, 0.29) is 4.21 Å². The Kier molecular flexibility index (Phi) is 4.49. The molecule has 3 nitrogen and oxygen atoms in total. The zero-order valence-electron chi connectivity index (χ0n) is 11.1. The summed E-state index contributed by atoms with van der Waals surface area (Å²) in [5, 5.41) is 0. The molecule has 7 heteroatoms. The van der Waals surface area contributed by atoms with Gasteiger partial charge in [0.25, 0.3) is 10.0 Å². The maximum absolute atomic E-state index is 12.4. The Bertz CT molecular complexity index is 726. The van der Waals surface area contributed by atoms with Crippen molar-refractivity contribution < 1.29 is 8.42 Å². The molecule has 0 aliphatic carbocycles. The van der Waals surface area contributed by atoms with E-state index >= 15 is 0 Å². The second kappa shape index (κ2) is 5.67. The Hall–Kier alpha value is -0.560. The van der Waals surface area contributed by atoms with Crippen LogP contribution in [0.15, 0.2) is 26.9 Å². The van der Waals surface area contributed by atoms with Crippen LogP contribution in [0.1, 0.15) is 16.7 Å². The van der Waals surface area contributed by atoms with Gasteiger partial charge in [-0.3, -0.25) is 4.72 Å². The number of thiophene rings is 1. The first-order valence-electron chi connectivity index (χ1n) is 5.76. The molecule has 0 unspecified atom stereocenters. The molecular formula is C13H13BrClNO2S2. The highest BCUT2D eigenvalue weighted by Gasteiger charge is 2.20. The van der Waals surface area contributed by atoms with Crippen LogP contribution >= 0.6 is 38.9 Å². The highest BCUT2D eigenvalue weighted by molar-refractivity contribution is 9.10. The Balaban J connectivity index is 2.43. The van der Waals surface area contributed by atoms with Crippen molar-refractivity contribution in [2.24, 2.45) is 0 Å². The molecule has 0 aliphatic heterocycles. The fourth-order valence-electron chi connectivity index (χ4n) is 1.82. The number of hydrogen-bond donors (Lipinski definition) is 1. The maximum Gasteiger partial charge on any atom is 0.271 e. The summed E-state index contributed by atoms with van der Waals surface area (Å²) < 4.78 is 29.1. The smallest absolute Gasteiger partial charge is 0.271 e. The van der Waals surface area contributed by atoms with Crippen molar-refractivity contribution in [3.8, 4) is 0 Å². The van der Waals surface area contributed by atoms with Crippen molar-refractivity contribution in [1.82, 2.24) is 0 Å². The first-order chi connectivity index (χ1) is 9.20. The van der Waals surface area contributed by atoms with Crippen molar-refractivity contribution in [3.63, 3.8) is 0 Å². The molecule has 0 fully saturated rings. The van der Waals surface area contributed by atoms with Crippen LogP contribution in [0.2, 0.25) is 4.34 Å². The van der Waals surface area contributed by atoms with Gasteiger partial charge in [0.05, 0.1) is 10.0 Å². The van der Waals surface area contributed by atoms with E-state index in [0.717, 1.165) is 32.5 Å². The first kappa shape index (κ1) is 15.8. The van der Waals surface area contributed by atoms with Crippen LogP contribution < -0.4 is 4.72 Å². The third kappa shape index (κ3) is 3.19. The number of sulfonamides is 1. The highest BCUT2D eigenvalue weighted by atomic mass is 79.9. The van der Waals surface area contributed by atoms with Gasteiger partial charge in [-0.15, -0.1) is 11.3 Å². The van der Waals surface area contributed by atoms with Crippen LogP contribution in [0.25, 0.3) is 0 Å². The number of rotatable bonds is 3. The van der Waals surface area contributed by atoms with Crippen LogP contribution in [0, 0.1) is 20.8 Å². The van der Waals surface area contributed by atoms with Gasteiger partial charge in [0.15, 0.2) is 0 Å². The van der Waals surface area contributed by atoms with E-state index in [0.29, 0.717) is 10.0 Å². The standard InChI is InChI=1S/C13H13BrClNO2S2/c1-7-4-10(14)5-8(2)12(7)16-20(17,18)11-6-9(3)13(15)19-11/h4-6,16H,1-3H3. The average Bonchev–Trinajstić information content (AvgIpc) is 2.65. The summed E-state index contributed by atoms with van der Waals surface area (Å²) in [6, 6.07) is 5.33. The van der Waals surface area contributed by atoms with E-state index in [1.54, 1.807) is 13.0 Å². The number of aryl methyl sites for hydroxylation is 3. The number of benzene rings is 1. The van der Waals surface area contributed by atoms with Crippen molar-refractivity contribution in [3.05, 3.63) is 43.7 Å². The van der Waals surface area contributed by atoms with Gasteiger partial charge in [-0.2, -0.15) is 0 Å². The van der Waals surface area contributed by atoms with Gasteiger partial charge in [0.1, 0.15) is 4.21 Å². The van der Waals surface area contributed by atoms with Crippen molar-refractivity contribution >= 4 is 54.6 Å². The molecule has 1 heterocycles. The van der Waals surface area contributed by atoms with E-state index in [2.05, 4.69) is 20.7 Å². The predicted molar refractivity (Wildman–Crippen MR) is 88.5 cm³/mol. The number of nitrogens with one attached hydrogen (secondary N) is 1. The molecule has 0 saturated carbocycles. The molecule has 0 amide bonds. The Labute approximate surface area is 136 Å². The molecule has 108 valence electrons. The second-order valence-corrected chi connectivity index (χ2v) is 9.02. The molecule has 20 heavy (non-hydrogen) atoms. The molecule has 2 aromatic rings. The average molecular weight is 395 g/mol. The summed E-state index contributed by atoms with van der Waals surface area (Å²) in [5.74, 6) is 0. The highest BCUT2D eigenvalue weighted by Crippen LogP contribution is 2.33. The van der Waals surface area contributed by atoms with Gasteiger partial charge in [-0.25, -0.2) is 8.42 Å². The lowest BCUT2D eigenvalue weighted by Gasteiger charge is -2.13. The molecular weight excluding hydrogens is 382 g/mol. The lowest BCUT2D eigenvalue weighted by Crippen LogP contribution is -2.13. The minimum Gasteiger partial charge on any atom is -0.278 e. The van der Waals surface area contributed by atoms with E-state index < -0.39 is 10.0 Å². The van der Waals surface area contributed by atoms with Gasteiger partial charge >= 0.3 is 0 Å². The summed E-state index contributed by atoms with van der Waals surface area (Å²) in [5.41, 5.74) is 3.09. The summed E-state index contributed by atoms with van der Waals surface area (Å²) in [6.07, 6.45) is 0. The molecule has 2 rings (SSSR count). The summed E-state index contributed by atoms with van der Waals surface area (Å²) in [7, 11) is -3.60. The molecule has 0 spiro atoms. The predicted octanol–water partition coefficient (Wildman–Crippen LogP) is 4.89. The molecule has 0 bridgehead atoms. The molecule has 0 radical (unpaired) electrons. The SMILES string of the molecule is Cc1cc(S(=O)(=O)Nc2c(C)cc(Br)cc2C)sc1Cl. The van der Waals surface area contributed by atoms with Gasteiger partial charge < -0.3 is 0 Å². The summed E-state index contributed by atoms with van der Waals surface area (Å²) in [6.45, 7) is 5.51. The van der Waals surface area contributed by atoms with E-state index in [9.17, 15) is 8.42 Å². The minimum atomic E-state index is -3.60. The minimum absolute atomic E-state index is 0.224. The van der Waals surface area contributed by atoms with E-state index in [4.69, 9.17) is 11.6 Å². The van der Waals surface area contributed by atoms with Crippen LogP contribution in [-0.4, -0.2) is 8.42 Å². The topological polar surface area (TPSA) is 46.2 Å². The molecule has 0 atom stereocenters. The van der Waals surface area contributed by atoms with Crippen LogP contribution in [0.3, 0.4) is 0 Å². The van der Waals surface area contributed by atoms with Crippen molar-refractivity contribution in [1.29, 1.82) is 0 Å². The van der Waals surface area contributed by atoms with Gasteiger partial charge in [0, 0.05) is 4.47 Å². The third-order valence-electron chi connectivity index (χ3n) is 2.83. The second-order valence-electron chi connectivity index (χ2n) is 4.54. The Morgan fingerprint density at radius 3 is 2.10 bits per heavy atom. The zero-order valence-corrected chi connectivity index (χ0v) is 15.1. The zero-order chi connectivity index (χ0) is 15.1. The van der Waals surface area contributed by atoms with Crippen molar-refractivity contribution in [2.75, 3.05) is 4.72 Å². The number of hydrogen-bond acceptors (Lipinski definition) is 3. The molecule has 1 N–H and O–H groups in total. The third-order valence-corrected chi connectivity index (χ3v) is 6.67. The van der Waals surface area contributed by atoms with Gasteiger partial charge in [-0.05, 0) is 55.7 Å². The fraction of sp³-hybridized carbons (Fsp3) is 0.231. The number of anilines is 1. The normalized spacial score (nSPS) is 11.7. The van der Waals surface area contributed by atoms with Crippen LogP contribution in [0.5, 0.6) is 0 Å². The monoisotopic (exact) mass is 393 g/mol. The quantitative estimate of drug-likeness (QED) is 0.805. The van der Waals surface area contributed by atoms with Crippen molar-refractivity contribution in [2.45, 2.75) is 25.0 Å². The van der Waals surface area contributed by atoms with Crippen LogP contribution in [0.4, 0.5) is 5.69 Å². The molecule has 1 aromatic carbocycles. The maximum atomic E-state index is 12.4. The fourth-order valence-corrected chi connectivity index (χ4v) is 5.42. The molecule has 0 aliphatic rings. The van der Waals surface area contributed by atoms with E-state index in [1.165, 1.54) is 0 Å². The summed E-state index contributed by atoms with van der Waals surface area (Å²) >= 11 is 10.4. The Morgan fingerprint density at radius 2 is 1.65 bits per heavy atom. The Morgan fingerprint density at radius 1 is 1.10 bits per heavy atom. The first-order valence-corrected chi connectivity index (χ1v) is 9.23. The molecule has 1 aromatic heterocycles. The van der Waals surface area contributed by atoms with Gasteiger partial charge in [0.2, 0.25) is 0 Å². The molecule has 0 saturated heterocycles. The lowest BCUT2D eigenvalue weighted by molar-refractivity contribution is 0.603. The van der Waals surface area contributed by atoms with E-state index in [1.807, 2.05) is 26.0 Å². The largest absolute Gasteiger partial charge is 0.278 e. The number of halogens is 2. The lowest BCUT2D eigenvalue weighted by atomic mass is 10.1.